The molecule has 2 aromatic rings. The molecular formula is C16H15BrFNO2. The number of carbonyl (C=O) groups excluding carboxylic acids is 1. The summed E-state index contributed by atoms with van der Waals surface area (Å²) in [5.41, 5.74) is 1.01. The van der Waals surface area contributed by atoms with Gasteiger partial charge in [0.25, 0.3) is 5.91 Å². The molecule has 0 aliphatic carbocycles. The Hall–Kier alpha value is -1.88. The van der Waals surface area contributed by atoms with Crippen molar-refractivity contribution in [3.63, 3.8) is 0 Å². The Morgan fingerprint density at radius 3 is 2.43 bits per heavy atom. The Morgan fingerprint density at radius 2 is 1.81 bits per heavy atom. The van der Waals surface area contributed by atoms with Crippen molar-refractivity contribution in [1.29, 1.82) is 0 Å². The molecule has 0 unspecified atom stereocenters. The summed E-state index contributed by atoms with van der Waals surface area (Å²) < 4.78 is 19.0. The van der Waals surface area contributed by atoms with Crippen molar-refractivity contribution in [3.8, 4) is 5.75 Å². The first-order valence-electron chi connectivity index (χ1n) is 6.48. The Balaban J connectivity index is 1.83. The molecule has 0 saturated heterocycles. The zero-order valence-corrected chi connectivity index (χ0v) is 13.1. The minimum Gasteiger partial charge on any atom is -0.484 e. The molecule has 2 aromatic carbocycles. The molecular weight excluding hydrogens is 337 g/mol. The van der Waals surface area contributed by atoms with Crippen LogP contribution in [0.3, 0.4) is 0 Å². The summed E-state index contributed by atoms with van der Waals surface area (Å²) in [7, 11) is 0. The van der Waals surface area contributed by atoms with Crippen molar-refractivity contribution in [2.24, 2.45) is 0 Å². The van der Waals surface area contributed by atoms with Gasteiger partial charge < -0.3 is 10.1 Å². The van der Waals surface area contributed by atoms with Gasteiger partial charge in [0, 0.05) is 4.47 Å². The summed E-state index contributed by atoms with van der Waals surface area (Å²) in [6.45, 7) is 1.80. The zero-order chi connectivity index (χ0) is 15.2. The largest absolute Gasteiger partial charge is 0.484 e. The normalized spacial score (nSPS) is 11.8. The van der Waals surface area contributed by atoms with Gasteiger partial charge in [-0.15, -0.1) is 0 Å². The first-order valence-corrected chi connectivity index (χ1v) is 7.27. The monoisotopic (exact) mass is 351 g/mol. The van der Waals surface area contributed by atoms with Gasteiger partial charge >= 0.3 is 0 Å². The predicted molar refractivity (Wildman–Crippen MR) is 82.6 cm³/mol. The van der Waals surface area contributed by atoms with Gasteiger partial charge in [-0.3, -0.25) is 4.79 Å². The maximum absolute atomic E-state index is 12.7. The highest BCUT2D eigenvalue weighted by atomic mass is 79.9. The number of benzene rings is 2. The first-order chi connectivity index (χ1) is 10.0. The van der Waals surface area contributed by atoms with Crippen molar-refractivity contribution in [3.05, 3.63) is 64.4 Å². The third-order valence-corrected chi connectivity index (χ3v) is 3.46. The summed E-state index contributed by atoms with van der Waals surface area (Å²) in [5, 5.41) is 2.84. The summed E-state index contributed by atoms with van der Waals surface area (Å²) in [5.74, 6) is -0.103. The van der Waals surface area contributed by atoms with Crippen LogP contribution in [0.4, 0.5) is 4.39 Å². The zero-order valence-electron chi connectivity index (χ0n) is 11.5. The number of carbonyl (C=O) groups is 1. The maximum atomic E-state index is 12.7. The van der Waals surface area contributed by atoms with Crippen LogP contribution in [0.15, 0.2) is 53.0 Å². The third kappa shape index (κ3) is 4.86. The summed E-state index contributed by atoms with van der Waals surface area (Å²) >= 11 is 3.37. The molecule has 0 saturated carbocycles. The molecule has 0 aliphatic heterocycles. The number of hydrogen-bond acceptors (Lipinski definition) is 2. The van der Waals surface area contributed by atoms with Crippen molar-refractivity contribution in [1.82, 2.24) is 5.32 Å². The van der Waals surface area contributed by atoms with Crippen molar-refractivity contribution < 1.29 is 13.9 Å². The van der Waals surface area contributed by atoms with Gasteiger partial charge in [0.2, 0.25) is 0 Å². The molecule has 1 atom stereocenters. The van der Waals surface area contributed by atoms with Crippen LogP contribution in [0.2, 0.25) is 0 Å². The number of halogens is 2. The molecule has 110 valence electrons. The Kier molecular flexibility index (Phi) is 5.33. The summed E-state index contributed by atoms with van der Waals surface area (Å²) in [6, 6.07) is 13.2. The van der Waals surface area contributed by atoms with Crippen LogP contribution >= 0.6 is 15.9 Å². The van der Waals surface area contributed by atoms with E-state index in [1.54, 1.807) is 0 Å². The van der Waals surface area contributed by atoms with Crippen LogP contribution in [0.5, 0.6) is 5.75 Å². The molecule has 0 spiro atoms. The van der Waals surface area contributed by atoms with Crippen LogP contribution in [-0.2, 0) is 4.79 Å². The molecule has 0 heterocycles. The molecule has 21 heavy (non-hydrogen) atoms. The van der Waals surface area contributed by atoms with Gasteiger partial charge in [0.1, 0.15) is 11.6 Å². The third-order valence-electron chi connectivity index (χ3n) is 2.93. The molecule has 5 heteroatoms. The van der Waals surface area contributed by atoms with Gasteiger partial charge in [0.05, 0.1) is 6.04 Å². The minimum atomic E-state index is -0.337. The fourth-order valence-corrected chi connectivity index (χ4v) is 2.06. The van der Waals surface area contributed by atoms with Crippen molar-refractivity contribution >= 4 is 21.8 Å². The van der Waals surface area contributed by atoms with Crippen molar-refractivity contribution in [2.75, 3.05) is 6.61 Å². The Labute approximate surface area is 131 Å². The minimum absolute atomic E-state index is 0.105. The lowest BCUT2D eigenvalue weighted by molar-refractivity contribution is -0.123. The Bertz CT molecular complexity index is 599. The quantitative estimate of drug-likeness (QED) is 0.888. The molecule has 0 bridgehead atoms. The second kappa shape index (κ2) is 7.22. The van der Waals surface area contributed by atoms with Crippen LogP contribution in [0, 0.1) is 5.82 Å². The van der Waals surface area contributed by atoms with E-state index in [9.17, 15) is 9.18 Å². The second-order valence-electron chi connectivity index (χ2n) is 4.58. The molecule has 0 radical (unpaired) electrons. The predicted octanol–water partition coefficient (Wildman–Crippen LogP) is 3.84. The second-order valence-corrected chi connectivity index (χ2v) is 5.50. The van der Waals surface area contributed by atoms with Crippen molar-refractivity contribution in [2.45, 2.75) is 13.0 Å². The lowest BCUT2D eigenvalue weighted by atomic mass is 10.1. The smallest absolute Gasteiger partial charge is 0.258 e. The lowest BCUT2D eigenvalue weighted by Crippen LogP contribution is -2.31. The summed E-state index contributed by atoms with van der Waals surface area (Å²) in [6.07, 6.45) is 0. The van der Waals surface area contributed by atoms with E-state index < -0.39 is 0 Å². The highest BCUT2D eigenvalue weighted by Gasteiger charge is 2.10. The molecule has 0 aromatic heterocycles. The van der Waals surface area contributed by atoms with Crippen LogP contribution in [0.25, 0.3) is 0 Å². The number of hydrogen-bond donors (Lipinski definition) is 1. The van der Waals surface area contributed by atoms with Crippen LogP contribution < -0.4 is 10.1 Å². The van der Waals surface area contributed by atoms with E-state index in [4.69, 9.17) is 4.74 Å². The maximum Gasteiger partial charge on any atom is 0.258 e. The molecule has 1 N–H and O–H groups in total. The first kappa shape index (κ1) is 15.5. The van der Waals surface area contributed by atoms with E-state index in [0.29, 0.717) is 5.75 Å². The average Bonchev–Trinajstić information content (AvgIpc) is 2.47. The Morgan fingerprint density at radius 1 is 1.19 bits per heavy atom. The van der Waals surface area contributed by atoms with E-state index in [1.807, 2.05) is 31.2 Å². The number of rotatable bonds is 5. The van der Waals surface area contributed by atoms with E-state index in [0.717, 1.165) is 10.0 Å². The van der Waals surface area contributed by atoms with Gasteiger partial charge in [0.15, 0.2) is 6.61 Å². The molecule has 3 nitrogen and oxygen atoms in total. The molecule has 2 rings (SSSR count). The van der Waals surface area contributed by atoms with Crippen LogP contribution in [-0.4, -0.2) is 12.5 Å². The fourth-order valence-electron chi connectivity index (χ4n) is 1.80. The van der Waals surface area contributed by atoms with Gasteiger partial charge in [-0.05, 0) is 48.9 Å². The molecule has 0 fully saturated rings. The van der Waals surface area contributed by atoms with E-state index in [2.05, 4.69) is 21.2 Å². The average molecular weight is 352 g/mol. The highest BCUT2D eigenvalue weighted by molar-refractivity contribution is 9.10. The summed E-state index contributed by atoms with van der Waals surface area (Å²) in [4.78, 5) is 11.8. The number of ether oxygens (including phenoxy) is 1. The van der Waals surface area contributed by atoms with Crippen LogP contribution in [0.1, 0.15) is 18.5 Å². The van der Waals surface area contributed by atoms with E-state index in [-0.39, 0.29) is 24.4 Å². The number of amides is 1. The van der Waals surface area contributed by atoms with Gasteiger partial charge in [-0.25, -0.2) is 4.39 Å². The SMILES string of the molecule is C[C@@H](NC(=O)COc1ccc(F)cc1)c1ccc(Br)cc1. The fraction of sp³-hybridized carbons (Fsp3) is 0.188. The van der Waals surface area contributed by atoms with Gasteiger partial charge in [-0.1, -0.05) is 28.1 Å². The molecule has 0 aliphatic rings. The van der Waals surface area contributed by atoms with Gasteiger partial charge in [-0.2, -0.15) is 0 Å². The van der Waals surface area contributed by atoms with E-state index in [1.165, 1.54) is 24.3 Å². The standard InChI is InChI=1S/C16H15BrFNO2/c1-11(12-2-4-13(17)5-3-12)19-16(20)10-21-15-8-6-14(18)7-9-15/h2-9,11H,10H2,1H3,(H,19,20)/t11-/m1/s1. The topological polar surface area (TPSA) is 38.3 Å². The lowest BCUT2D eigenvalue weighted by Gasteiger charge is -2.14. The van der Waals surface area contributed by atoms with E-state index >= 15 is 0 Å². The highest BCUT2D eigenvalue weighted by Crippen LogP contribution is 2.16. The molecule has 1 amide bonds. The number of nitrogens with one attached hydrogen (secondary N) is 1.